The van der Waals surface area contributed by atoms with Gasteiger partial charge in [0, 0.05) is 24.9 Å². The third-order valence-corrected chi connectivity index (χ3v) is 6.08. The first kappa shape index (κ1) is 27.2. The predicted octanol–water partition coefficient (Wildman–Crippen LogP) is 5.51. The number of hydrogen-bond acceptors (Lipinski definition) is 6. The van der Waals surface area contributed by atoms with Crippen LogP contribution in [0.25, 0.3) is 0 Å². The quantitative estimate of drug-likeness (QED) is 0.490. The number of unbranched alkanes of at least 4 members (excludes halogenated alkanes) is 1. The summed E-state index contributed by atoms with van der Waals surface area (Å²) in [6.45, 7) is 15.2. The van der Waals surface area contributed by atoms with Crippen LogP contribution in [0.3, 0.4) is 0 Å². The lowest BCUT2D eigenvalue weighted by molar-refractivity contribution is 0.0206. The van der Waals surface area contributed by atoms with Gasteiger partial charge in [0.15, 0.2) is 0 Å². The first-order valence-electron chi connectivity index (χ1n) is 12.9. The lowest BCUT2D eigenvalue weighted by Crippen LogP contribution is -2.45. The van der Waals surface area contributed by atoms with Gasteiger partial charge >= 0.3 is 12.2 Å². The molecule has 1 aromatic heterocycles. The molecular weight excluding hydrogens is 446 g/mol. The Balaban J connectivity index is 1.46. The number of fused-ring (bicyclic) bond motifs is 1. The van der Waals surface area contributed by atoms with Gasteiger partial charge in [0.1, 0.15) is 17.0 Å². The van der Waals surface area contributed by atoms with Gasteiger partial charge in [-0.1, -0.05) is 6.07 Å². The summed E-state index contributed by atoms with van der Waals surface area (Å²) in [5, 5.41) is 0. The Bertz CT molecular complexity index is 890. The molecule has 3 rings (SSSR count). The molecule has 0 radical (unpaired) electrons. The molecule has 1 aromatic rings. The maximum absolute atomic E-state index is 12.9. The molecule has 1 saturated heterocycles. The predicted molar refractivity (Wildman–Crippen MR) is 136 cm³/mol. The second-order valence-electron chi connectivity index (χ2n) is 11.7. The molecule has 1 unspecified atom stereocenters. The highest BCUT2D eigenvalue weighted by Gasteiger charge is 2.33. The number of aromatic nitrogens is 1. The number of carbonyl (C=O) groups is 2. The average Bonchev–Trinajstić information content (AvgIpc) is 3.20. The number of likely N-dealkylation sites (tertiary alicyclic amines) is 1. The van der Waals surface area contributed by atoms with Crippen molar-refractivity contribution in [2.24, 2.45) is 0 Å². The van der Waals surface area contributed by atoms with E-state index in [0.29, 0.717) is 19.7 Å². The molecule has 1 fully saturated rings. The molecule has 8 heteroatoms. The Labute approximate surface area is 210 Å². The minimum absolute atomic E-state index is 0.0557. The summed E-state index contributed by atoms with van der Waals surface area (Å²) in [6, 6.07) is 4.22. The molecule has 0 aromatic carbocycles. The Morgan fingerprint density at radius 3 is 2.37 bits per heavy atom. The van der Waals surface area contributed by atoms with Gasteiger partial charge in [0.25, 0.3) is 0 Å². The van der Waals surface area contributed by atoms with Gasteiger partial charge in [0.05, 0.1) is 12.6 Å². The summed E-state index contributed by atoms with van der Waals surface area (Å²) in [7, 11) is 0. The molecule has 2 aliphatic heterocycles. The smallest absolute Gasteiger partial charge is 0.416 e. The molecule has 8 nitrogen and oxygen atoms in total. The second-order valence-corrected chi connectivity index (χ2v) is 11.7. The summed E-state index contributed by atoms with van der Waals surface area (Å²) in [5.41, 5.74) is 1.04. The summed E-state index contributed by atoms with van der Waals surface area (Å²) >= 11 is 0. The molecule has 3 heterocycles. The van der Waals surface area contributed by atoms with Crippen LogP contribution in [0, 0.1) is 0 Å². The Hall–Kier alpha value is -2.35. The monoisotopic (exact) mass is 489 g/mol. The molecule has 0 aliphatic carbocycles. The van der Waals surface area contributed by atoms with Gasteiger partial charge in [0.2, 0.25) is 0 Å². The van der Waals surface area contributed by atoms with E-state index in [2.05, 4.69) is 12.1 Å². The third-order valence-electron chi connectivity index (χ3n) is 6.08. The third kappa shape index (κ3) is 8.09. The summed E-state index contributed by atoms with van der Waals surface area (Å²) < 4.78 is 17.1. The van der Waals surface area contributed by atoms with E-state index in [4.69, 9.17) is 19.2 Å². The number of rotatable bonds is 6. The van der Waals surface area contributed by atoms with Crippen molar-refractivity contribution in [3.05, 3.63) is 23.4 Å². The number of pyridine rings is 1. The van der Waals surface area contributed by atoms with Crippen LogP contribution >= 0.6 is 0 Å². The van der Waals surface area contributed by atoms with Crippen LogP contribution in [0.15, 0.2) is 12.1 Å². The van der Waals surface area contributed by atoms with E-state index in [1.54, 1.807) is 9.80 Å². The van der Waals surface area contributed by atoms with Crippen molar-refractivity contribution >= 4 is 18.0 Å². The fraction of sp³-hybridized carbons (Fsp3) is 0.741. The molecule has 2 atom stereocenters. The van der Waals surface area contributed by atoms with E-state index < -0.39 is 11.2 Å². The Morgan fingerprint density at radius 2 is 1.69 bits per heavy atom. The second kappa shape index (κ2) is 11.1. The SMILES string of the molecule is CC1CCc2ccc(CCCCO[C@@H]3CCN(C(=O)OC(C)(C)C)C3)nc2N1C(=O)OC(C)(C)C. The van der Waals surface area contributed by atoms with Crippen LogP contribution in [0.2, 0.25) is 0 Å². The van der Waals surface area contributed by atoms with E-state index in [0.717, 1.165) is 55.6 Å². The summed E-state index contributed by atoms with van der Waals surface area (Å²) in [6.07, 6.45) is 4.79. The van der Waals surface area contributed by atoms with E-state index in [-0.39, 0.29) is 24.3 Å². The molecule has 196 valence electrons. The number of hydrogen-bond donors (Lipinski definition) is 0. The van der Waals surface area contributed by atoms with Gasteiger partial charge in [-0.15, -0.1) is 0 Å². The average molecular weight is 490 g/mol. The minimum Gasteiger partial charge on any atom is -0.444 e. The highest BCUT2D eigenvalue weighted by molar-refractivity contribution is 5.88. The lowest BCUT2D eigenvalue weighted by atomic mass is 9.99. The van der Waals surface area contributed by atoms with Gasteiger partial charge in [-0.2, -0.15) is 0 Å². The number of ether oxygens (including phenoxy) is 3. The van der Waals surface area contributed by atoms with Crippen LogP contribution in [-0.2, 0) is 27.1 Å². The van der Waals surface area contributed by atoms with E-state index in [1.165, 1.54) is 0 Å². The van der Waals surface area contributed by atoms with Crippen LogP contribution in [-0.4, -0.2) is 65.1 Å². The van der Waals surface area contributed by atoms with E-state index in [1.807, 2.05) is 48.5 Å². The molecule has 0 saturated carbocycles. The highest BCUT2D eigenvalue weighted by atomic mass is 16.6. The fourth-order valence-corrected chi connectivity index (χ4v) is 4.35. The van der Waals surface area contributed by atoms with Gasteiger partial charge in [-0.05, 0) is 98.6 Å². The zero-order valence-corrected chi connectivity index (χ0v) is 22.6. The number of anilines is 1. The Kier molecular flexibility index (Phi) is 8.67. The maximum Gasteiger partial charge on any atom is 0.416 e. The van der Waals surface area contributed by atoms with E-state index in [9.17, 15) is 9.59 Å². The molecule has 0 spiro atoms. The zero-order valence-electron chi connectivity index (χ0n) is 22.6. The number of aryl methyl sites for hydroxylation is 2. The van der Waals surface area contributed by atoms with E-state index >= 15 is 0 Å². The van der Waals surface area contributed by atoms with Crippen molar-refractivity contribution in [1.82, 2.24) is 9.88 Å². The topological polar surface area (TPSA) is 81.2 Å². The molecule has 2 amide bonds. The van der Waals surface area contributed by atoms with Crippen molar-refractivity contribution in [2.75, 3.05) is 24.6 Å². The van der Waals surface area contributed by atoms with Crippen molar-refractivity contribution in [3.63, 3.8) is 0 Å². The number of nitrogens with zero attached hydrogens (tertiary/aromatic N) is 3. The molecular formula is C27H43N3O5. The van der Waals surface area contributed by atoms with Crippen molar-refractivity contribution < 1.29 is 23.8 Å². The first-order valence-corrected chi connectivity index (χ1v) is 12.9. The van der Waals surface area contributed by atoms with Crippen molar-refractivity contribution in [1.29, 1.82) is 0 Å². The lowest BCUT2D eigenvalue weighted by Gasteiger charge is -2.35. The zero-order chi connectivity index (χ0) is 25.8. The fourth-order valence-electron chi connectivity index (χ4n) is 4.35. The molecule has 2 aliphatic rings. The molecule has 35 heavy (non-hydrogen) atoms. The summed E-state index contributed by atoms with van der Waals surface area (Å²) in [5.74, 6) is 0.736. The van der Waals surface area contributed by atoms with Crippen molar-refractivity contribution in [2.45, 2.75) is 110 Å². The van der Waals surface area contributed by atoms with Crippen LogP contribution in [0.4, 0.5) is 15.4 Å². The van der Waals surface area contributed by atoms with Crippen LogP contribution < -0.4 is 4.90 Å². The van der Waals surface area contributed by atoms with Gasteiger partial charge in [-0.25, -0.2) is 14.6 Å². The molecule has 0 N–H and O–H groups in total. The Morgan fingerprint density at radius 1 is 1.00 bits per heavy atom. The standard InChI is InChI=1S/C27H43N3O5/c1-19-11-12-20-13-14-21(28-23(20)30(19)25(32)35-27(5,6)7)10-8-9-17-33-22-15-16-29(18-22)24(31)34-26(2,3)4/h13-14,19,22H,8-12,15-18H2,1-7H3/t19?,22-/m1/s1. The number of carbonyl (C=O) groups excluding carboxylic acids is 2. The van der Waals surface area contributed by atoms with Gasteiger partial charge < -0.3 is 19.1 Å². The largest absolute Gasteiger partial charge is 0.444 e. The summed E-state index contributed by atoms with van der Waals surface area (Å²) in [4.78, 5) is 33.4. The molecule has 0 bridgehead atoms. The normalized spacial score (nSPS) is 20.5. The highest BCUT2D eigenvalue weighted by Crippen LogP contribution is 2.31. The van der Waals surface area contributed by atoms with Crippen molar-refractivity contribution in [3.8, 4) is 0 Å². The first-order chi connectivity index (χ1) is 16.3. The minimum atomic E-state index is -0.546. The number of amides is 2. The van der Waals surface area contributed by atoms with Gasteiger partial charge in [-0.3, -0.25) is 4.90 Å². The van der Waals surface area contributed by atoms with Crippen LogP contribution in [0.1, 0.15) is 85.4 Å². The maximum atomic E-state index is 12.9. The van der Waals surface area contributed by atoms with Crippen LogP contribution in [0.5, 0.6) is 0 Å².